The second-order valence-electron chi connectivity index (χ2n) is 6.15. The quantitative estimate of drug-likeness (QED) is 0.587. The van der Waals surface area contributed by atoms with E-state index in [-0.39, 0.29) is 13.0 Å². The Labute approximate surface area is 138 Å². The third kappa shape index (κ3) is 4.72. The van der Waals surface area contributed by atoms with Crippen LogP contribution in [0.3, 0.4) is 0 Å². The van der Waals surface area contributed by atoms with Crippen molar-refractivity contribution >= 4 is 18.1 Å². The molecule has 2 rings (SSSR count). The van der Waals surface area contributed by atoms with E-state index in [4.69, 9.17) is 0 Å². The first-order chi connectivity index (χ1) is 11.3. The number of ether oxygens (including phenoxy) is 1. The molecule has 0 spiro atoms. The maximum Gasteiger partial charge on any atom is 0.308 e. The minimum Gasteiger partial charge on any atom is -0.469 e. The third-order valence-corrected chi connectivity index (χ3v) is 4.33. The zero-order chi connectivity index (χ0) is 17.7. The van der Waals surface area contributed by atoms with Crippen LogP contribution in [-0.2, 0) is 14.3 Å². The van der Waals surface area contributed by atoms with Crippen LogP contribution in [0, 0.1) is 17.7 Å². The van der Waals surface area contributed by atoms with E-state index >= 15 is 0 Å². The molecule has 0 aliphatic heterocycles. The number of anilines is 1. The summed E-state index contributed by atoms with van der Waals surface area (Å²) in [7, 11) is 1.18. The first kappa shape index (κ1) is 18.3. The number of hydrogen-bond acceptors (Lipinski definition) is 3. The number of nitrogens with zero attached hydrogens (tertiary/aromatic N) is 1. The number of carbonyl (C=O) groups excluding carboxylic acids is 2. The highest BCUT2D eigenvalue weighted by molar-refractivity contribution is 5.75. The number of amides is 1. The molecule has 1 fully saturated rings. The normalized spacial score (nSPS) is 22.7. The monoisotopic (exact) mass is 343 g/mol. The van der Waals surface area contributed by atoms with Crippen LogP contribution in [-0.4, -0.2) is 32.0 Å². The first-order valence-electron chi connectivity index (χ1n) is 7.78. The summed E-state index contributed by atoms with van der Waals surface area (Å²) in [5.74, 6) is -5.27. The Hall–Kier alpha value is -2.05. The van der Waals surface area contributed by atoms with Crippen molar-refractivity contribution in [1.29, 1.82) is 0 Å². The standard InChI is InChI=1S/C17H20F3NO3/c1-24-16(23)13-7-12(9-17(19,20)10-13)5-6-21(11-22)15-4-2-3-14(18)8-15/h2-4,8,11-13H,5-7,9-10H2,1H3. The summed E-state index contributed by atoms with van der Waals surface area (Å²) in [6.07, 6.45) is 0.331. The number of carbonyl (C=O) groups is 2. The van der Waals surface area contributed by atoms with Gasteiger partial charge in [-0.25, -0.2) is 13.2 Å². The lowest BCUT2D eigenvalue weighted by Gasteiger charge is -2.34. The summed E-state index contributed by atoms with van der Waals surface area (Å²) in [5, 5.41) is 0. The lowest BCUT2D eigenvalue weighted by atomic mass is 9.77. The van der Waals surface area contributed by atoms with Crippen LogP contribution in [0.2, 0.25) is 0 Å². The number of rotatable bonds is 6. The van der Waals surface area contributed by atoms with Crippen molar-refractivity contribution in [2.75, 3.05) is 18.6 Å². The summed E-state index contributed by atoms with van der Waals surface area (Å²) in [6.45, 7) is 0.182. The summed E-state index contributed by atoms with van der Waals surface area (Å²) in [4.78, 5) is 24.1. The molecular formula is C17H20F3NO3. The Kier molecular flexibility index (Phi) is 5.85. The van der Waals surface area contributed by atoms with E-state index in [2.05, 4.69) is 4.74 Å². The van der Waals surface area contributed by atoms with Crippen molar-refractivity contribution in [3.8, 4) is 0 Å². The minimum atomic E-state index is -2.92. The molecule has 0 saturated heterocycles. The van der Waals surface area contributed by atoms with Crippen LogP contribution in [0.4, 0.5) is 18.9 Å². The first-order valence-corrected chi connectivity index (χ1v) is 7.78. The van der Waals surface area contributed by atoms with Gasteiger partial charge in [-0.05, 0) is 37.0 Å². The van der Waals surface area contributed by atoms with Crippen molar-refractivity contribution in [1.82, 2.24) is 0 Å². The van der Waals surface area contributed by atoms with E-state index in [0.29, 0.717) is 24.9 Å². The predicted octanol–water partition coefficient (Wildman–Crippen LogP) is 3.40. The number of halogens is 3. The Morgan fingerprint density at radius 2 is 2.17 bits per heavy atom. The molecule has 1 amide bonds. The van der Waals surface area contributed by atoms with Crippen molar-refractivity contribution in [3.05, 3.63) is 30.1 Å². The molecule has 132 valence electrons. The van der Waals surface area contributed by atoms with Crippen molar-refractivity contribution in [3.63, 3.8) is 0 Å². The summed E-state index contributed by atoms with van der Waals surface area (Å²) in [5.41, 5.74) is 0.372. The van der Waals surface area contributed by atoms with Gasteiger partial charge in [-0.1, -0.05) is 6.07 Å². The lowest BCUT2D eigenvalue weighted by molar-refractivity contribution is -0.155. The summed E-state index contributed by atoms with van der Waals surface area (Å²) >= 11 is 0. The molecule has 0 heterocycles. The van der Waals surface area contributed by atoms with Crippen LogP contribution >= 0.6 is 0 Å². The zero-order valence-corrected chi connectivity index (χ0v) is 13.4. The van der Waals surface area contributed by atoms with E-state index < -0.39 is 36.0 Å². The van der Waals surface area contributed by atoms with E-state index in [0.717, 1.165) is 0 Å². The summed E-state index contributed by atoms with van der Waals surface area (Å²) in [6, 6.07) is 5.52. The van der Waals surface area contributed by atoms with Crippen molar-refractivity contribution in [2.24, 2.45) is 11.8 Å². The van der Waals surface area contributed by atoms with Gasteiger partial charge in [0, 0.05) is 25.1 Å². The molecule has 0 aromatic heterocycles. The fourth-order valence-electron chi connectivity index (χ4n) is 3.22. The molecular weight excluding hydrogens is 323 g/mol. The summed E-state index contributed by atoms with van der Waals surface area (Å²) < 4.78 is 45.5. The van der Waals surface area contributed by atoms with Gasteiger partial charge in [-0.3, -0.25) is 9.59 Å². The van der Waals surface area contributed by atoms with Gasteiger partial charge in [-0.2, -0.15) is 0 Å². The Morgan fingerprint density at radius 3 is 2.79 bits per heavy atom. The molecule has 2 atom stereocenters. The predicted molar refractivity (Wildman–Crippen MR) is 82.2 cm³/mol. The van der Waals surface area contributed by atoms with E-state index in [1.54, 1.807) is 6.07 Å². The second kappa shape index (κ2) is 7.68. The largest absolute Gasteiger partial charge is 0.469 e. The van der Waals surface area contributed by atoms with Crippen LogP contribution in [0.1, 0.15) is 25.7 Å². The third-order valence-electron chi connectivity index (χ3n) is 4.33. The highest BCUT2D eigenvalue weighted by Gasteiger charge is 2.44. The van der Waals surface area contributed by atoms with Crippen molar-refractivity contribution < 1.29 is 27.5 Å². The average molecular weight is 343 g/mol. The van der Waals surface area contributed by atoms with Gasteiger partial charge in [0.2, 0.25) is 12.3 Å². The van der Waals surface area contributed by atoms with Crippen molar-refractivity contribution in [2.45, 2.75) is 31.6 Å². The van der Waals surface area contributed by atoms with Gasteiger partial charge < -0.3 is 9.64 Å². The zero-order valence-electron chi connectivity index (χ0n) is 13.4. The molecule has 4 nitrogen and oxygen atoms in total. The topological polar surface area (TPSA) is 46.6 Å². The van der Waals surface area contributed by atoms with Gasteiger partial charge >= 0.3 is 5.97 Å². The molecule has 1 saturated carbocycles. The molecule has 0 radical (unpaired) electrons. The fourth-order valence-corrected chi connectivity index (χ4v) is 3.22. The van der Waals surface area contributed by atoms with Crippen LogP contribution in [0.15, 0.2) is 24.3 Å². The second-order valence-corrected chi connectivity index (χ2v) is 6.15. The molecule has 0 N–H and O–H groups in total. The number of alkyl halides is 2. The Balaban J connectivity index is 2.01. The highest BCUT2D eigenvalue weighted by Crippen LogP contribution is 2.41. The minimum absolute atomic E-state index is 0.182. The Morgan fingerprint density at radius 1 is 1.42 bits per heavy atom. The SMILES string of the molecule is COC(=O)C1CC(CCN(C=O)c2cccc(F)c2)CC(F)(F)C1. The van der Waals surface area contributed by atoms with E-state index in [9.17, 15) is 22.8 Å². The van der Waals surface area contributed by atoms with Gasteiger partial charge in [0.1, 0.15) is 5.82 Å². The number of benzene rings is 1. The fraction of sp³-hybridized carbons (Fsp3) is 0.529. The van der Waals surface area contributed by atoms with E-state index in [1.165, 1.54) is 30.2 Å². The maximum atomic E-state index is 13.8. The number of methoxy groups -OCH3 is 1. The van der Waals surface area contributed by atoms with E-state index in [1.807, 2.05) is 0 Å². The van der Waals surface area contributed by atoms with Gasteiger partial charge in [0.25, 0.3) is 0 Å². The Bertz CT molecular complexity index is 594. The van der Waals surface area contributed by atoms with Crippen LogP contribution in [0.25, 0.3) is 0 Å². The van der Waals surface area contributed by atoms with Gasteiger partial charge in [0.15, 0.2) is 0 Å². The maximum absolute atomic E-state index is 13.8. The highest BCUT2D eigenvalue weighted by atomic mass is 19.3. The van der Waals surface area contributed by atoms with Crippen LogP contribution < -0.4 is 4.90 Å². The lowest BCUT2D eigenvalue weighted by Crippen LogP contribution is -2.37. The van der Waals surface area contributed by atoms with Gasteiger partial charge in [0.05, 0.1) is 13.0 Å². The van der Waals surface area contributed by atoms with Gasteiger partial charge in [-0.15, -0.1) is 0 Å². The molecule has 1 aromatic rings. The number of hydrogen-bond donors (Lipinski definition) is 0. The molecule has 1 aromatic carbocycles. The smallest absolute Gasteiger partial charge is 0.308 e. The molecule has 0 bridgehead atoms. The number of esters is 1. The molecule has 24 heavy (non-hydrogen) atoms. The van der Waals surface area contributed by atoms with Crippen LogP contribution in [0.5, 0.6) is 0 Å². The average Bonchev–Trinajstić information content (AvgIpc) is 2.53. The molecule has 2 unspecified atom stereocenters. The molecule has 1 aliphatic carbocycles. The molecule has 1 aliphatic rings. The molecule has 7 heteroatoms.